The maximum atomic E-state index is 11.6. The average molecular weight is 266 g/mol. The van der Waals surface area contributed by atoms with Gasteiger partial charge in [0.05, 0.1) is 5.69 Å². The second-order valence-electron chi connectivity index (χ2n) is 5.71. The van der Waals surface area contributed by atoms with Crippen LogP contribution >= 0.6 is 0 Å². The third-order valence-electron chi connectivity index (χ3n) is 2.67. The number of aromatic nitrogens is 2. The van der Waals surface area contributed by atoms with Crippen LogP contribution in [0.1, 0.15) is 33.4 Å². The monoisotopic (exact) mass is 266 g/mol. The van der Waals surface area contributed by atoms with E-state index in [1.165, 1.54) is 6.33 Å². The highest BCUT2D eigenvalue weighted by molar-refractivity contribution is 5.67. The van der Waals surface area contributed by atoms with Crippen molar-refractivity contribution in [3.05, 3.63) is 24.3 Å². The van der Waals surface area contributed by atoms with Crippen molar-refractivity contribution in [1.29, 1.82) is 0 Å². The maximum Gasteiger partial charge on any atom is 0.407 e. The zero-order valence-electron chi connectivity index (χ0n) is 11.9. The Kier molecular flexibility index (Phi) is 4.83. The minimum Gasteiger partial charge on any atom is -0.444 e. The number of carbonyl (C=O) groups excluding carboxylic acids is 1. The van der Waals surface area contributed by atoms with Crippen LogP contribution in [0.3, 0.4) is 0 Å². The smallest absolute Gasteiger partial charge is 0.407 e. The molecule has 1 heterocycles. The molecule has 1 rings (SSSR count). The number of hydrogen-bond donors (Lipinski definition) is 2. The highest BCUT2D eigenvalue weighted by Crippen LogP contribution is 2.19. The number of ether oxygens (including phenoxy) is 1. The first-order valence-electron chi connectivity index (χ1n) is 6.20. The zero-order valence-corrected chi connectivity index (χ0v) is 11.9. The molecule has 106 valence electrons. The lowest BCUT2D eigenvalue weighted by Gasteiger charge is -2.28. The zero-order chi connectivity index (χ0) is 14.5. The molecule has 19 heavy (non-hydrogen) atoms. The SMILES string of the molecule is CC(C)(C)OC(=O)NCC(C)(CN)c1ccncn1. The van der Waals surface area contributed by atoms with E-state index in [9.17, 15) is 4.79 Å². The van der Waals surface area contributed by atoms with Gasteiger partial charge in [0.15, 0.2) is 0 Å². The standard InChI is InChI=1S/C13H22N4O2/c1-12(2,3)19-11(18)16-8-13(4,7-14)10-5-6-15-9-17-10/h5-6,9H,7-8,14H2,1-4H3,(H,16,18). The van der Waals surface area contributed by atoms with Gasteiger partial charge in [0.2, 0.25) is 0 Å². The summed E-state index contributed by atoms with van der Waals surface area (Å²) in [6.07, 6.45) is 2.67. The molecule has 3 N–H and O–H groups in total. The molecule has 1 unspecified atom stereocenters. The van der Waals surface area contributed by atoms with Gasteiger partial charge in [-0.1, -0.05) is 6.92 Å². The Morgan fingerprint density at radius 1 is 1.42 bits per heavy atom. The highest BCUT2D eigenvalue weighted by atomic mass is 16.6. The van der Waals surface area contributed by atoms with E-state index < -0.39 is 17.1 Å². The molecule has 1 aromatic rings. The van der Waals surface area contributed by atoms with Crippen LogP contribution in [0.15, 0.2) is 18.6 Å². The van der Waals surface area contributed by atoms with Crippen LogP contribution in [0.4, 0.5) is 4.79 Å². The minimum absolute atomic E-state index is 0.357. The van der Waals surface area contributed by atoms with Crippen molar-refractivity contribution in [3.8, 4) is 0 Å². The Morgan fingerprint density at radius 2 is 2.11 bits per heavy atom. The Balaban J connectivity index is 2.65. The van der Waals surface area contributed by atoms with Gasteiger partial charge in [-0.05, 0) is 26.8 Å². The molecule has 0 radical (unpaired) electrons. The number of hydrogen-bond acceptors (Lipinski definition) is 5. The van der Waals surface area contributed by atoms with Crippen LogP contribution in [0.25, 0.3) is 0 Å². The molecular formula is C13H22N4O2. The van der Waals surface area contributed by atoms with Crippen LogP contribution in [0.2, 0.25) is 0 Å². The summed E-state index contributed by atoms with van der Waals surface area (Å²) in [6.45, 7) is 8.11. The van der Waals surface area contributed by atoms with Crippen LogP contribution in [-0.2, 0) is 10.2 Å². The van der Waals surface area contributed by atoms with Crippen molar-refractivity contribution in [1.82, 2.24) is 15.3 Å². The van der Waals surface area contributed by atoms with E-state index in [4.69, 9.17) is 10.5 Å². The van der Waals surface area contributed by atoms with Gasteiger partial charge in [-0.2, -0.15) is 0 Å². The van der Waals surface area contributed by atoms with E-state index in [-0.39, 0.29) is 0 Å². The third-order valence-corrected chi connectivity index (χ3v) is 2.67. The van der Waals surface area contributed by atoms with Gasteiger partial charge in [0, 0.05) is 24.7 Å². The Morgan fingerprint density at radius 3 is 2.58 bits per heavy atom. The van der Waals surface area contributed by atoms with Crippen LogP contribution in [0, 0.1) is 0 Å². The van der Waals surface area contributed by atoms with Crippen LogP contribution in [0.5, 0.6) is 0 Å². The molecule has 0 fully saturated rings. The van der Waals surface area contributed by atoms with Gasteiger partial charge >= 0.3 is 6.09 Å². The molecule has 6 heteroatoms. The van der Waals surface area contributed by atoms with Gasteiger partial charge in [0.25, 0.3) is 0 Å². The lowest BCUT2D eigenvalue weighted by atomic mass is 9.86. The molecular weight excluding hydrogens is 244 g/mol. The maximum absolute atomic E-state index is 11.6. The molecule has 0 saturated carbocycles. The fourth-order valence-corrected chi connectivity index (χ4v) is 1.50. The molecule has 1 aromatic heterocycles. The number of amides is 1. The van der Waals surface area contributed by atoms with Gasteiger partial charge in [-0.3, -0.25) is 0 Å². The van der Waals surface area contributed by atoms with E-state index >= 15 is 0 Å². The predicted molar refractivity (Wildman–Crippen MR) is 72.7 cm³/mol. The fourth-order valence-electron chi connectivity index (χ4n) is 1.50. The summed E-state index contributed by atoms with van der Waals surface area (Å²) in [5.74, 6) is 0. The molecule has 1 atom stereocenters. The van der Waals surface area contributed by atoms with Crippen molar-refractivity contribution in [2.75, 3.05) is 13.1 Å². The molecule has 0 aliphatic heterocycles. The summed E-state index contributed by atoms with van der Waals surface area (Å²) in [5.41, 5.74) is 5.63. The van der Waals surface area contributed by atoms with Gasteiger partial charge in [0.1, 0.15) is 11.9 Å². The second-order valence-corrected chi connectivity index (χ2v) is 5.71. The molecule has 0 spiro atoms. The number of carbonyl (C=O) groups is 1. The summed E-state index contributed by atoms with van der Waals surface area (Å²) < 4.78 is 5.19. The van der Waals surface area contributed by atoms with Gasteiger partial charge in [-0.15, -0.1) is 0 Å². The van der Waals surface area contributed by atoms with Gasteiger partial charge in [-0.25, -0.2) is 14.8 Å². The van der Waals surface area contributed by atoms with Crippen molar-refractivity contribution in [2.24, 2.45) is 5.73 Å². The van der Waals surface area contributed by atoms with Crippen molar-refractivity contribution in [3.63, 3.8) is 0 Å². The number of nitrogens with one attached hydrogen (secondary N) is 1. The van der Waals surface area contributed by atoms with Crippen LogP contribution in [-0.4, -0.2) is 34.8 Å². The number of rotatable bonds is 4. The first-order valence-corrected chi connectivity index (χ1v) is 6.20. The first kappa shape index (κ1) is 15.4. The summed E-state index contributed by atoms with van der Waals surface area (Å²) in [6, 6.07) is 1.80. The average Bonchev–Trinajstić information content (AvgIpc) is 2.35. The molecule has 0 saturated heterocycles. The lowest BCUT2D eigenvalue weighted by molar-refractivity contribution is 0.0516. The lowest BCUT2D eigenvalue weighted by Crippen LogP contribution is -2.45. The largest absolute Gasteiger partial charge is 0.444 e. The Labute approximate surface area is 113 Å². The number of nitrogens with zero attached hydrogens (tertiary/aromatic N) is 2. The molecule has 0 aliphatic carbocycles. The van der Waals surface area contributed by atoms with Gasteiger partial charge < -0.3 is 15.8 Å². The summed E-state index contributed by atoms with van der Waals surface area (Å²) in [7, 11) is 0. The fraction of sp³-hybridized carbons (Fsp3) is 0.615. The summed E-state index contributed by atoms with van der Waals surface area (Å²) >= 11 is 0. The van der Waals surface area contributed by atoms with E-state index in [0.29, 0.717) is 13.1 Å². The van der Waals surface area contributed by atoms with E-state index in [1.807, 2.05) is 27.7 Å². The van der Waals surface area contributed by atoms with E-state index in [0.717, 1.165) is 5.69 Å². The summed E-state index contributed by atoms with van der Waals surface area (Å²) in [5, 5.41) is 2.73. The predicted octanol–water partition coefficient (Wildman–Crippen LogP) is 1.22. The summed E-state index contributed by atoms with van der Waals surface area (Å²) in [4.78, 5) is 19.7. The number of alkyl carbamates (subject to hydrolysis) is 1. The van der Waals surface area contributed by atoms with E-state index in [2.05, 4.69) is 15.3 Å². The molecule has 0 aliphatic rings. The third kappa shape index (κ3) is 4.82. The van der Waals surface area contributed by atoms with Crippen molar-refractivity contribution >= 4 is 6.09 Å². The number of nitrogens with two attached hydrogens (primary N) is 1. The highest BCUT2D eigenvalue weighted by Gasteiger charge is 2.28. The first-order chi connectivity index (χ1) is 8.77. The minimum atomic E-state index is -0.516. The van der Waals surface area contributed by atoms with Crippen molar-refractivity contribution in [2.45, 2.75) is 38.7 Å². The molecule has 6 nitrogen and oxygen atoms in total. The quantitative estimate of drug-likeness (QED) is 0.855. The molecule has 0 aromatic carbocycles. The Bertz CT molecular complexity index is 416. The second kappa shape index (κ2) is 5.97. The molecule has 1 amide bonds. The Hall–Kier alpha value is -1.69. The normalized spacial score (nSPS) is 14.6. The van der Waals surface area contributed by atoms with Crippen LogP contribution < -0.4 is 11.1 Å². The topological polar surface area (TPSA) is 90.1 Å². The molecule has 0 bridgehead atoms. The van der Waals surface area contributed by atoms with E-state index in [1.54, 1.807) is 12.3 Å². The van der Waals surface area contributed by atoms with Crippen molar-refractivity contribution < 1.29 is 9.53 Å².